The Balaban J connectivity index is 0.00000128. The second-order valence-corrected chi connectivity index (χ2v) is 7.83. The van der Waals surface area contributed by atoms with E-state index in [1.54, 1.807) is 0 Å². The van der Waals surface area contributed by atoms with Crippen LogP contribution >= 0.6 is 31.9 Å². The van der Waals surface area contributed by atoms with Gasteiger partial charge in [-0.1, -0.05) is 31.9 Å². The summed E-state index contributed by atoms with van der Waals surface area (Å²) in [5.74, 6) is 0. The molecule has 84 valence electrons. The molecule has 0 heterocycles. The molecule has 0 saturated carbocycles. The molecule has 0 radical (unpaired) electrons. The van der Waals surface area contributed by atoms with Crippen LogP contribution in [0, 0.1) is 7.14 Å². The minimum Gasteiger partial charge on any atom is -1.00 e. The fraction of sp³-hybridized carbons (Fsp3) is 0. The first-order chi connectivity index (χ1) is 7.24. The van der Waals surface area contributed by atoms with E-state index < -0.39 is 0 Å². The van der Waals surface area contributed by atoms with E-state index >= 15 is 0 Å². The maximum absolute atomic E-state index is 3.45. The van der Waals surface area contributed by atoms with Crippen LogP contribution < -0.4 is 38.2 Å². The van der Waals surface area contributed by atoms with Crippen molar-refractivity contribution >= 4 is 31.9 Å². The van der Waals surface area contributed by atoms with Crippen molar-refractivity contribution in [3.8, 4) is 0 Å². The summed E-state index contributed by atoms with van der Waals surface area (Å²) in [5.41, 5.74) is 0. The molecule has 16 heavy (non-hydrogen) atoms. The maximum Gasteiger partial charge on any atom is 0.357 e. The van der Waals surface area contributed by atoms with Crippen molar-refractivity contribution in [2.45, 2.75) is 0 Å². The normalized spacial score (nSPS) is 9.62. The van der Waals surface area contributed by atoms with Gasteiger partial charge in [-0.2, -0.15) is 0 Å². The maximum atomic E-state index is 3.45. The predicted molar refractivity (Wildman–Crippen MR) is 65.7 cm³/mol. The Morgan fingerprint density at radius 3 is 1.25 bits per heavy atom. The quantitative estimate of drug-likeness (QED) is 0.418. The van der Waals surface area contributed by atoms with Crippen LogP contribution in [0.25, 0.3) is 0 Å². The summed E-state index contributed by atoms with van der Waals surface area (Å²) in [6.45, 7) is 0. The highest BCUT2D eigenvalue weighted by molar-refractivity contribution is 9.10. The summed E-state index contributed by atoms with van der Waals surface area (Å²) >= 11 is 6.85. The third kappa shape index (κ3) is 4.47. The smallest absolute Gasteiger partial charge is 0.357 e. The van der Waals surface area contributed by atoms with Crippen molar-refractivity contribution in [1.29, 1.82) is 0 Å². The second kappa shape index (κ2) is 7.13. The topological polar surface area (TPSA) is 0 Å². The molecule has 0 bridgehead atoms. The van der Waals surface area contributed by atoms with E-state index in [-0.39, 0.29) is 38.2 Å². The van der Waals surface area contributed by atoms with Crippen molar-refractivity contribution in [1.82, 2.24) is 0 Å². The first-order valence-electron chi connectivity index (χ1n) is 4.40. The van der Waals surface area contributed by atoms with Crippen molar-refractivity contribution in [3.05, 3.63) is 64.6 Å². The van der Waals surface area contributed by atoms with Crippen LogP contribution in [0.3, 0.4) is 0 Å². The summed E-state index contributed by atoms with van der Waals surface area (Å²) in [6.07, 6.45) is 0. The summed E-state index contributed by atoms with van der Waals surface area (Å²) in [4.78, 5) is 0. The molecule has 0 aliphatic carbocycles. The Morgan fingerprint density at radius 2 is 0.938 bits per heavy atom. The molecular formula is C12H8Br3I. The van der Waals surface area contributed by atoms with Crippen LogP contribution in [-0.4, -0.2) is 0 Å². The monoisotopic (exact) mass is 516 g/mol. The van der Waals surface area contributed by atoms with Gasteiger partial charge in [0.05, 0.1) is 0 Å². The Labute approximate surface area is 133 Å². The van der Waals surface area contributed by atoms with Gasteiger partial charge in [0.25, 0.3) is 0 Å². The van der Waals surface area contributed by atoms with E-state index in [4.69, 9.17) is 0 Å². The molecule has 0 aliphatic rings. The van der Waals surface area contributed by atoms with Crippen molar-refractivity contribution in [3.63, 3.8) is 0 Å². The van der Waals surface area contributed by atoms with Gasteiger partial charge in [0, 0.05) is 8.95 Å². The third-order valence-electron chi connectivity index (χ3n) is 1.83. The number of hydrogen-bond donors (Lipinski definition) is 0. The Morgan fingerprint density at radius 1 is 0.625 bits per heavy atom. The van der Waals surface area contributed by atoms with E-state index in [2.05, 4.69) is 80.4 Å². The molecule has 0 amide bonds. The lowest BCUT2D eigenvalue weighted by Crippen LogP contribution is -3.61. The zero-order valence-electron chi connectivity index (χ0n) is 8.13. The van der Waals surface area contributed by atoms with Gasteiger partial charge in [-0.25, -0.2) is 0 Å². The average molecular weight is 519 g/mol. The Hall–Kier alpha value is 0.610. The van der Waals surface area contributed by atoms with Gasteiger partial charge in [-0.15, -0.1) is 0 Å². The highest BCUT2D eigenvalue weighted by Crippen LogP contribution is 2.07. The molecule has 0 aliphatic heterocycles. The number of rotatable bonds is 2. The molecule has 0 N–H and O–H groups in total. The highest BCUT2D eigenvalue weighted by atomic mass is 127. The molecule has 0 spiro atoms. The Bertz CT molecular complexity index is 393. The summed E-state index contributed by atoms with van der Waals surface area (Å²) in [5, 5.41) is 0. The molecule has 2 aromatic carbocycles. The lowest BCUT2D eigenvalue weighted by Gasteiger charge is -1.89. The summed E-state index contributed by atoms with van der Waals surface area (Å²) in [6, 6.07) is 17.2. The first-order valence-corrected chi connectivity index (χ1v) is 8.14. The zero-order valence-corrected chi connectivity index (χ0v) is 15.0. The molecular weight excluding hydrogens is 511 g/mol. The van der Waals surface area contributed by atoms with Gasteiger partial charge in [0.2, 0.25) is 0 Å². The van der Waals surface area contributed by atoms with Crippen LogP contribution in [0.4, 0.5) is 0 Å². The van der Waals surface area contributed by atoms with Crippen molar-refractivity contribution < 1.29 is 38.2 Å². The van der Waals surface area contributed by atoms with Crippen LogP contribution in [0.15, 0.2) is 57.5 Å². The lowest BCUT2D eigenvalue weighted by molar-refractivity contribution is -0.597. The van der Waals surface area contributed by atoms with E-state index in [1.807, 2.05) is 0 Å². The summed E-state index contributed by atoms with van der Waals surface area (Å²) < 4.78 is 5.18. The molecule has 0 fully saturated rings. The molecule has 0 unspecified atom stereocenters. The Kier molecular flexibility index (Phi) is 6.54. The predicted octanol–water partition coefficient (Wildman–Crippen LogP) is -1.66. The molecule has 0 saturated heterocycles. The SMILES string of the molecule is Brc1ccc([I+]c2ccc(Br)cc2)cc1.[Br-]. The second-order valence-electron chi connectivity index (χ2n) is 2.97. The summed E-state index contributed by atoms with van der Waals surface area (Å²) in [7, 11) is 0. The fourth-order valence-electron chi connectivity index (χ4n) is 1.11. The van der Waals surface area contributed by atoms with Crippen LogP contribution in [0.2, 0.25) is 0 Å². The molecule has 0 aromatic heterocycles. The van der Waals surface area contributed by atoms with Gasteiger partial charge in [0.1, 0.15) is 0 Å². The molecule has 4 heteroatoms. The van der Waals surface area contributed by atoms with Gasteiger partial charge < -0.3 is 17.0 Å². The van der Waals surface area contributed by atoms with Gasteiger partial charge in [0.15, 0.2) is 7.14 Å². The molecule has 0 nitrogen and oxygen atoms in total. The van der Waals surface area contributed by atoms with Crippen molar-refractivity contribution in [2.24, 2.45) is 0 Å². The van der Waals surface area contributed by atoms with Crippen LogP contribution in [0.5, 0.6) is 0 Å². The van der Waals surface area contributed by atoms with Gasteiger partial charge in [-0.3, -0.25) is 0 Å². The van der Waals surface area contributed by atoms with E-state index in [0.717, 1.165) is 8.95 Å². The third-order valence-corrected chi connectivity index (χ3v) is 5.57. The zero-order chi connectivity index (χ0) is 10.7. The molecule has 0 atom stereocenters. The largest absolute Gasteiger partial charge is 1.00 e. The molecule has 2 rings (SSSR count). The van der Waals surface area contributed by atoms with Gasteiger partial charge >= 0.3 is 21.2 Å². The fourth-order valence-corrected chi connectivity index (χ4v) is 3.80. The first kappa shape index (κ1) is 14.7. The van der Waals surface area contributed by atoms with E-state index in [9.17, 15) is 0 Å². The average Bonchev–Trinajstić information content (AvgIpc) is 2.25. The van der Waals surface area contributed by atoms with Crippen molar-refractivity contribution in [2.75, 3.05) is 0 Å². The number of hydrogen-bond acceptors (Lipinski definition) is 0. The standard InChI is InChI=1S/C12H8Br2I.BrH/c13-9-1-5-11(6-2-9)15-12-7-3-10(14)4-8-12;/h1-8H;1H/q+1;/p-1. The number of halogens is 4. The minimum atomic E-state index is -0.0385. The lowest BCUT2D eigenvalue weighted by atomic mass is 10.4. The van der Waals surface area contributed by atoms with Gasteiger partial charge in [-0.05, 0) is 48.5 Å². The van der Waals surface area contributed by atoms with E-state index in [1.165, 1.54) is 7.14 Å². The van der Waals surface area contributed by atoms with Crippen LogP contribution in [0.1, 0.15) is 0 Å². The minimum absolute atomic E-state index is 0. The van der Waals surface area contributed by atoms with E-state index in [0.29, 0.717) is 0 Å². The number of benzene rings is 2. The van der Waals surface area contributed by atoms with Crippen LogP contribution in [-0.2, 0) is 0 Å². The molecule has 2 aromatic rings. The highest BCUT2D eigenvalue weighted by Gasteiger charge is 2.14.